The van der Waals surface area contributed by atoms with Crippen LogP contribution in [0.15, 0.2) is 42.5 Å². The van der Waals surface area contributed by atoms with Crippen molar-refractivity contribution in [2.45, 2.75) is 6.42 Å². The number of rotatable bonds is 6. The van der Waals surface area contributed by atoms with Gasteiger partial charge in [-0.15, -0.1) is 0 Å². The van der Waals surface area contributed by atoms with E-state index < -0.39 is 0 Å². The summed E-state index contributed by atoms with van der Waals surface area (Å²) in [6.45, 7) is 0.729. The first kappa shape index (κ1) is 17.5. The fourth-order valence-corrected chi connectivity index (χ4v) is 2.37. The monoisotopic (exact) mass is 353 g/mol. The van der Waals surface area contributed by atoms with Crippen LogP contribution in [0.3, 0.4) is 0 Å². The van der Waals surface area contributed by atoms with E-state index in [9.17, 15) is 4.79 Å². The van der Waals surface area contributed by atoms with Gasteiger partial charge in [-0.25, -0.2) is 0 Å². The highest BCUT2D eigenvalue weighted by Crippen LogP contribution is 2.34. The standard InChI is InChI=1S/C20H19NO5/c1-23-16-6-4-5-15(11-16)12-20(22)21-9-2-3-10-24-17-7-8-18-19(13-17)26-14-25-18/h4-8,11,13H,9-10,12,14H2,1H3,(H,21,22). The van der Waals surface area contributed by atoms with Crippen LogP contribution in [0.2, 0.25) is 0 Å². The van der Waals surface area contributed by atoms with Crippen molar-refractivity contribution < 1.29 is 23.7 Å². The Hall–Kier alpha value is -3.33. The molecule has 3 rings (SSSR count). The van der Waals surface area contributed by atoms with Gasteiger partial charge in [0.2, 0.25) is 12.7 Å². The van der Waals surface area contributed by atoms with Gasteiger partial charge in [-0.1, -0.05) is 24.0 Å². The van der Waals surface area contributed by atoms with E-state index in [-0.39, 0.29) is 32.3 Å². The summed E-state index contributed by atoms with van der Waals surface area (Å²) in [5, 5.41) is 2.76. The normalized spacial score (nSPS) is 11.3. The topological polar surface area (TPSA) is 66.0 Å². The van der Waals surface area contributed by atoms with Crippen LogP contribution in [0.25, 0.3) is 0 Å². The summed E-state index contributed by atoms with van der Waals surface area (Å²) in [6.07, 6.45) is 0.284. The summed E-state index contributed by atoms with van der Waals surface area (Å²) >= 11 is 0. The van der Waals surface area contributed by atoms with Crippen molar-refractivity contribution >= 4 is 5.91 Å². The number of ether oxygens (including phenoxy) is 4. The maximum Gasteiger partial charge on any atom is 0.231 e. The summed E-state index contributed by atoms with van der Waals surface area (Å²) in [5.74, 6) is 8.39. The van der Waals surface area contributed by atoms with Crippen LogP contribution in [-0.4, -0.2) is 33.0 Å². The molecule has 0 aromatic heterocycles. The molecule has 2 aromatic carbocycles. The number of hydrogen-bond donors (Lipinski definition) is 1. The van der Waals surface area contributed by atoms with Crippen molar-refractivity contribution in [1.29, 1.82) is 0 Å². The molecule has 1 aliphatic heterocycles. The van der Waals surface area contributed by atoms with Crippen LogP contribution >= 0.6 is 0 Å². The Morgan fingerprint density at radius 1 is 1.12 bits per heavy atom. The predicted molar refractivity (Wildman–Crippen MR) is 95.5 cm³/mol. The van der Waals surface area contributed by atoms with Crippen LogP contribution in [-0.2, 0) is 11.2 Å². The summed E-state index contributed by atoms with van der Waals surface area (Å²) in [4.78, 5) is 11.9. The van der Waals surface area contributed by atoms with Gasteiger partial charge in [0.25, 0.3) is 0 Å². The molecular weight excluding hydrogens is 334 g/mol. The zero-order chi connectivity index (χ0) is 18.2. The number of carbonyl (C=O) groups is 1. The van der Waals surface area contributed by atoms with E-state index in [1.807, 2.05) is 24.3 Å². The lowest BCUT2D eigenvalue weighted by atomic mass is 10.1. The van der Waals surface area contributed by atoms with Crippen LogP contribution < -0.4 is 24.3 Å². The van der Waals surface area contributed by atoms with Crippen LogP contribution in [0.1, 0.15) is 5.56 Å². The second kappa shape index (κ2) is 8.67. The average molecular weight is 353 g/mol. The Morgan fingerprint density at radius 2 is 2.00 bits per heavy atom. The number of carbonyl (C=O) groups excluding carboxylic acids is 1. The van der Waals surface area contributed by atoms with Gasteiger partial charge in [-0.2, -0.15) is 0 Å². The van der Waals surface area contributed by atoms with Crippen molar-refractivity contribution in [3.8, 4) is 34.8 Å². The number of nitrogens with one attached hydrogen (secondary N) is 1. The zero-order valence-corrected chi connectivity index (χ0v) is 14.4. The van der Waals surface area contributed by atoms with Gasteiger partial charge < -0.3 is 24.3 Å². The van der Waals surface area contributed by atoms with Crippen molar-refractivity contribution in [3.05, 3.63) is 48.0 Å². The van der Waals surface area contributed by atoms with Crippen molar-refractivity contribution in [3.63, 3.8) is 0 Å². The Kier molecular flexibility index (Phi) is 5.84. The highest BCUT2D eigenvalue weighted by atomic mass is 16.7. The number of benzene rings is 2. The first-order chi connectivity index (χ1) is 12.7. The van der Waals surface area contributed by atoms with Crippen molar-refractivity contribution in [2.75, 3.05) is 27.1 Å². The SMILES string of the molecule is COc1cccc(CC(=O)NCC#CCOc2ccc3c(c2)OCO3)c1. The second-order valence-corrected chi connectivity index (χ2v) is 5.46. The summed E-state index contributed by atoms with van der Waals surface area (Å²) in [5.41, 5.74) is 0.890. The van der Waals surface area contributed by atoms with E-state index in [0.29, 0.717) is 17.2 Å². The lowest BCUT2D eigenvalue weighted by molar-refractivity contribution is -0.120. The van der Waals surface area contributed by atoms with E-state index in [4.69, 9.17) is 18.9 Å². The Bertz CT molecular complexity index is 838. The smallest absolute Gasteiger partial charge is 0.231 e. The van der Waals surface area contributed by atoms with E-state index in [1.54, 1.807) is 25.3 Å². The molecule has 0 spiro atoms. The van der Waals surface area contributed by atoms with Crippen LogP contribution in [0, 0.1) is 11.8 Å². The average Bonchev–Trinajstić information content (AvgIpc) is 3.12. The molecule has 0 atom stereocenters. The van der Waals surface area contributed by atoms with Gasteiger partial charge in [0.05, 0.1) is 20.1 Å². The van der Waals surface area contributed by atoms with E-state index in [0.717, 1.165) is 11.3 Å². The molecule has 0 saturated carbocycles. The lowest BCUT2D eigenvalue weighted by Gasteiger charge is -2.04. The molecule has 26 heavy (non-hydrogen) atoms. The van der Waals surface area contributed by atoms with Gasteiger partial charge in [0.15, 0.2) is 11.5 Å². The molecule has 2 aromatic rings. The molecule has 6 nitrogen and oxygen atoms in total. The third-order valence-electron chi connectivity index (χ3n) is 3.65. The first-order valence-electron chi connectivity index (χ1n) is 8.12. The van der Waals surface area contributed by atoms with E-state index in [1.165, 1.54) is 0 Å². The minimum atomic E-state index is -0.0933. The number of fused-ring (bicyclic) bond motifs is 1. The molecule has 1 aliphatic rings. The molecule has 1 amide bonds. The third kappa shape index (κ3) is 4.84. The molecule has 0 aliphatic carbocycles. The number of methoxy groups -OCH3 is 1. The fraction of sp³-hybridized carbons (Fsp3) is 0.250. The summed E-state index contributed by atoms with van der Waals surface area (Å²) in [6, 6.07) is 12.8. The lowest BCUT2D eigenvalue weighted by Crippen LogP contribution is -2.25. The minimum Gasteiger partial charge on any atom is -0.497 e. The largest absolute Gasteiger partial charge is 0.497 e. The molecule has 0 unspecified atom stereocenters. The van der Waals surface area contributed by atoms with Crippen molar-refractivity contribution in [1.82, 2.24) is 5.32 Å². The molecule has 0 radical (unpaired) electrons. The van der Waals surface area contributed by atoms with Gasteiger partial charge in [-0.05, 0) is 29.8 Å². The molecule has 0 saturated heterocycles. The highest BCUT2D eigenvalue weighted by Gasteiger charge is 2.13. The fourth-order valence-electron chi connectivity index (χ4n) is 2.37. The van der Waals surface area contributed by atoms with Crippen LogP contribution in [0.4, 0.5) is 0 Å². The van der Waals surface area contributed by atoms with Crippen LogP contribution in [0.5, 0.6) is 23.0 Å². The van der Waals surface area contributed by atoms with E-state index in [2.05, 4.69) is 17.2 Å². The van der Waals surface area contributed by atoms with Gasteiger partial charge in [0.1, 0.15) is 18.1 Å². The highest BCUT2D eigenvalue weighted by molar-refractivity contribution is 5.78. The first-order valence-corrected chi connectivity index (χ1v) is 8.12. The molecule has 0 bridgehead atoms. The number of amides is 1. The predicted octanol–water partition coefficient (Wildman–Crippen LogP) is 2.17. The van der Waals surface area contributed by atoms with Gasteiger partial charge in [0, 0.05) is 6.07 Å². The molecular formula is C20H19NO5. The molecule has 0 fully saturated rings. The van der Waals surface area contributed by atoms with Gasteiger partial charge in [-0.3, -0.25) is 4.79 Å². The Balaban J connectivity index is 1.38. The second-order valence-electron chi connectivity index (χ2n) is 5.46. The van der Waals surface area contributed by atoms with Gasteiger partial charge >= 0.3 is 0 Å². The quantitative estimate of drug-likeness (QED) is 0.807. The summed E-state index contributed by atoms with van der Waals surface area (Å²) < 4.78 is 21.2. The number of hydrogen-bond acceptors (Lipinski definition) is 5. The maximum absolute atomic E-state index is 11.9. The minimum absolute atomic E-state index is 0.0933. The maximum atomic E-state index is 11.9. The Morgan fingerprint density at radius 3 is 2.88 bits per heavy atom. The molecule has 134 valence electrons. The molecule has 1 N–H and O–H groups in total. The third-order valence-corrected chi connectivity index (χ3v) is 3.65. The zero-order valence-electron chi connectivity index (χ0n) is 14.4. The Labute approximate surface area is 152 Å². The summed E-state index contributed by atoms with van der Waals surface area (Å²) in [7, 11) is 1.60. The van der Waals surface area contributed by atoms with E-state index >= 15 is 0 Å². The molecule has 6 heteroatoms. The molecule has 1 heterocycles. The van der Waals surface area contributed by atoms with Crippen molar-refractivity contribution in [2.24, 2.45) is 0 Å².